The van der Waals surface area contributed by atoms with E-state index in [4.69, 9.17) is 11.5 Å². The average Bonchev–Trinajstić information content (AvgIpc) is 2.10. The molecule has 0 saturated heterocycles. The second kappa shape index (κ2) is 4.35. The third-order valence-electron chi connectivity index (χ3n) is 1.43. The summed E-state index contributed by atoms with van der Waals surface area (Å²) in [6.07, 6.45) is 1.05. The van der Waals surface area contributed by atoms with Crippen LogP contribution in [0.3, 0.4) is 0 Å². The Balaban J connectivity index is 2.57. The summed E-state index contributed by atoms with van der Waals surface area (Å²) in [6.45, 7) is 0.211. The summed E-state index contributed by atoms with van der Waals surface area (Å²) in [7, 11) is 0. The van der Waals surface area contributed by atoms with E-state index < -0.39 is 11.7 Å². The van der Waals surface area contributed by atoms with Gasteiger partial charge in [-0.2, -0.15) is 4.98 Å². The van der Waals surface area contributed by atoms with Crippen LogP contribution in [0.1, 0.15) is 6.42 Å². The van der Waals surface area contributed by atoms with Crippen molar-refractivity contribution in [2.45, 2.75) is 6.42 Å². The summed E-state index contributed by atoms with van der Waals surface area (Å²) in [5, 5.41) is 2.58. The van der Waals surface area contributed by atoms with E-state index in [9.17, 15) is 9.18 Å². The number of rotatable bonds is 4. The Bertz CT molecular complexity index is 343. The fourth-order valence-corrected chi connectivity index (χ4v) is 0.809. The molecule has 5 N–H and O–H groups in total. The van der Waals surface area contributed by atoms with Gasteiger partial charge in [0.15, 0.2) is 11.6 Å². The zero-order valence-corrected chi connectivity index (χ0v) is 7.33. The SMILES string of the molecule is NC(=O)CCNc1nc(N)ncc1F. The zero-order valence-electron chi connectivity index (χ0n) is 7.33. The number of nitrogens with two attached hydrogens (primary N) is 2. The van der Waals surface area contributed by atoms with Crippen LogP contribution in [0, 0.1) is 5.82 Å². The smallest absolute Gasteiger partial charge is 0.222 e. The van der Waals surface area contributed by atoms with Crippen LogP contribution in [0.4, 0.5) is 16.2 Å². The largest absolute Gasteiger partial charge is 0.370 e. The fourth-order valence-electron chi connectivity index (χ4n) is 0.809. The molecule has 76 valence electrons. The number of aromatic nitrogens is 2. The number of carbonyl (C=O) groups is 1. The van der Waals surface area contributed by atoms with Crippen molar-refractivity contribution >= 4 is 17.7 Å². The minimum absolute atomic E-state index is 0.0289. The number of nitrogen functional groups attached to an aromatic ring is 1. The van der Waals surface area contributed by atoms with Crippen LogP contribution < -0.4 is 16.8 Å². The molecule has 0 aliphatic heterocycles. The molecule has 0 fully saturated rings. The van der Waals surface area contributed by atoms with E-state index >= 15 is 0 Å². The molecule has 0 aliphatic rings. The molecule has 1 aromatic rings. The monoisotopic (exact) mass is 199 g/mol. The van der Waals surface area contributed by atoms with Gasteiger partial charge in [0.25, 0.3) is 0 Å². The number of hydrogen-bond donors (Lipinski definition) is 3. The van der Waals surface area contributed by atoms with E-state index in [-0.39, 0.29) is 24.7 Å². The molecule has 6 nitrogen and oxygen atoms in total. The second-order valence-electron chi connectivity index (χ2n) is 2.57. The third-order valence-corrected chi connectivity index (χ3v) is 1.43. The fraction of sp³-hybridized carbons (Fsp3) is 0.286. The van der Waals surface area contributed by atoms with E-state index in [2.05, 4.69) is 15.3 Å². The van der Waals surface area contributed by atoms with Gasteiger partial charge in [0, 0.05) is 13.0 Å². The first kappa shape index (κ1) is 10.2. The van der Waals surface area contributed by atoms with Crippen LogP contribution in [0.5, 0.6) is 0 Å². The molecule has 14 heavy (non-hydrogen) atoms. The molecule has 0 unspecified atom stereocenters. The number of carbonyl (C=O) groups excluding carboxylic acids is 1. The van der Waals surface area contributed by atoms with Gasteiger partial charge in [-0.3, -0.25) is 4.79 Å². The Kier molecular flexibility index (Phi) is 3.16. The maximum absolute atomic E-state index is 12.9. The predicted molar refractivity (Wildman–Crippen MR) is 48.7 cm³/mol. The van der Waals surface area contributed by atoms with Gasteiger partial charge in [-0.15, -0.1) is 0 Å². The first-order valence-corrected chi connectivity index (χ1v) is 3.90. The number of nitrogens with one attached hydrogen (secondary N) is 1. The molecule has 0 radical (unpaired) electrons. The van der Waals surface area contributed by atoms with E-state index in [1.807, 2.05) is 0 Å². The lowest BCUT2D eigenvalue weighted by molar-refractivity contribution is -0.117. The van der Waals surface area contributed by atoms with Crippen molar-refractivity contribution in [1.82, 2.24) is 9.97 Å². The van der Waals surface area contributed by atoms with Gasteiger partial charge in [-0.05, 0) is 0 Å². The highest BCUT2D eigenvalue weighted by Crippen LogP contribution is 2.09. The summed E-state index contributed by atoms with van der Waals surface area (Å²) in [5.74, 6) is -1.16. The third kappa shape index (κ3) is 2.85. The van der Waals surface area contributed by atoms with Gasteiger partial charge in [0.1, 0.15) is 0 Å². The molecule has 0 saturated carbocycles. The topological polar surface area (TPSA) is 107 Å². The number of primary amides is 1. The minimum Gasteiger partial charge on any atom is -0.370 e. The first-order chi connectivity index (χ1) is 6.59. The van der Waals surface area contributed by atoms with Crippen LogP contribution in [0.2, 0.25) is 0 Å². The summed E-state index contributed by atoms with van der Waals surface area (Å²) < 4.78 is 12.9. The van der Waals surface area contributed by atoms with Crippen LogP contribution >= 0.6 is 0 Å². The molecule has 1 aromatic heterocycles. The van der Waals surface area contributed by atoms with Crippen LogP contribution in [-0.4, -0.2) is 22.4 Å². The Morgan fingerprint density at radius 2 is 2.36 bits per heavy atom. The molecule has 1 heterocycles. The van der Waals surface area contributed by atoms with Gasteiger partial charge in [0.05, 0.1) is 6.20 Å². The number of anilines is 2. The second-order valence-corrected chi connectivity index (χ2v) is 2.57. The first-order valence-electron chi connectivity index (χ1n) is 3.90. The lowest BCUT2D eigenvalue weighted by Crippen LogP contribution is -2.17. The Hall–Kier alpha value is -1.92. The van der Waals surface area contributed by atoms with Crippen molar-refractivity contribution in [2.24, 2.45) is 5.73 Å². The molecule has 0 aliphatic carbocycles. The van der Waals surface area contributed by atoms with Crippen molar-refractivity contribution < 1.29 is 9.18 Å². The van der Waals surface area contributed by atoms with Crippen molar-refractivity contribution in [2.75, 3.05) is 17.6 Å². The highest BCUT2D eigenvalue weighted by molar-refractivity contribution is 5.74. The molecule has 0 atom stereocenters. The summed E-state index contributed by atoms with van der Waals surface area (Å²) in [5.41, 5.74) is 10.1. The molecular weight excluding hydrogens is 189 g/mol. The lowest BCUT2D eigenvalue weighted by Gasteiger charge is -2.04. The highest BCUT2D eigenvalue weighted by atomic mass is 19.1. The van der Waals surface area contributed by atoms with Crippen LogP contribution in [0.25, 0.3) is 0 Å². The predicted octanol–water partition coefficient (Wildman–Crippen LogP) is -0.515. The Morgan fingerprint density at radius 3 is 3.00 bits per heavy atom. The van der Waals surface area contributed by atoms with Crippen molar-refractivity contribution in [3.8, 4) is 0 Å². The Labute approximate surface area is 79.5 Å². The molecular formula is C7H10FN5O. The van der Waals surface area contributed by atoms with Gasteiger partial charge in [0.2, 0.25) is 11.9 Å². The maximum Gasteiger partial charge on any atom is 0.222 e. The standard InChI is InChI=1S/C7H10FN5O/c8-4-3-12-7(10)13-6(4)11-2-1-5(9)14/h3H,1-2H2,(H2,9,14)(H3,10,11,12,13). The van der Waals surface area contributed by atoms with Crippen LogP contribution in [0.15, 0.2) is 6.20 Å². The molecule has 1 amide bonds. The summed E-state index contributed by atoms with van der Waals surface area (Å²) >= 11 is 0. The Morgan fingerprint density at radius 1 is 1.64 bits per heavy atom. The van der Waals surface area contributed by atoms with Crippen molar-refractivity contribution in [3.63, 3.8) is 0 Å². The zero-order chi connectivity index (χ0) is 10.6. The number of amides is 1. The van der Waals surface area contributed by atoms with Gasteiger partial charge < -0.3 is 16.8 Å². The van der Waals surface area contributed by atoms with E-state index in [1.54, 1.807) is 0 Å². The normalized spacial score (nSPS) is 9.79. The maximum atomic E-state index is 12.9. The van der Waals surface area contributed by atoms with Gasteiger partial charge in [-0.1, -0.05) is 0 Å². The molecule has 1 rings (SSSR count). The van der Waals surface area contributed by atoms with E-state index in [1.165, 1.54) is 0 Å². The summed E-state index contributed by atoms with van der Waals surface area (Å²) in [4.78, 5) is 17.4. The van der Waals surface area contributed by atoms with Crippen molar-refractivity contribution in [3.05, 3.63) is 12.0 Å². The molecule has 7 heteroatoms. The number of halogens is 1. The van der Waals surface area contributed by atoms with Gasteiger partial charge in [-0.25, -0.2) is 9.37 Å². The molecule has 0 aromatic carbocycles. The quantitative estimate of drug-likeness (QED) is 0.605. The van der Waals surface area contributed by atoms with Crippen molar-refractivity contribution in [1.29, 1.82) is 0 Å². The number of nitrogens with zero attached hydrogens (tertiary/aromatic N) is 2. The average molecular weight is 199 g/mol. The molecule has 0 bridgehead atoms. The molecule has 0 spiro atoms. The number of hydrogen-bond acceptors (Lipinski definition) is 5. The lowest BCUT2D eigenvalue weighted by atomic mass is 10.4. The van der Waals surface area contributed by atoms with Gasteiger partial charge >= 0.3 is 0 Å². The van der Waals surface area contributed by atoms with E-state index in [0.29, 0.717) is 0 Å². The van der Waals surface area contributed by atoms with Crippen LogP contribution in [-0.2, 0) is 4.79 Å². The highest BCUT2D eigenvalue weighted by Gasteiger charge is 2.04. The van der Waals surface area contributed by atoms with E-state index in [0.717, 1.165) is 6.20 Å². The minimum atomic E-state index is -0.622. The summed E-state index contributed by atoms with van der Waals surface area (Å²) in [6, 6.07) is 0.